The van der Waals surface area contributed by atoms with Crippen LogP contribution in [0.3, 0.4) is 0 Å². The molecule has 0 saturated carbocycles. The summed E-state index contributed by atoms with van der Waals surface area (Å²) in [6.45, 7) is 4.74. The molecule has 2 aromatic rings. The van der Waals surface area contributed by atoms with Gasteiger partial charge in [0.15, 0.2) is 0 Å². The maximum atomic E-state index is 12.7. The lowest BCUT2D eigenvalue weighted by Crippen LogP contribution is -2.38. The van der Waals surface area contributed by atoms with Crippen LogP contribution in [0.15, 0.2) is 30.5 Å². The van der Waals surface area contributed by atoms with Gasteiger partial charge in [-0.05, 0) is 57.7 Å². The van der Waals surface area contributed by atoms with Gasteiger partial charge in [-0.15, -0.1) is 0 Å². The number of ether oxygens (including phenoxy) is 1. The van der Waals surface area contributed by atoms with Crippen LogP contribution in [0.25, 0.3) is 5.69 Å². The van der Waals surface area contributed by atoms with Crippen LogP contribution < -0.4 is 5.32 Å². The lowest BCUT2D eigenvalue weighted by Gasteiger charge is -2.25. The van der Waals surface area contributed by atoms with Crippen molar-refractivity contribution in [2.75, 3.05) is 25.1 Å². The van der Waals surface area contributed by atoms with E-state index in [9.17, 15) is 9.59 Å². The molecule has 8 nitrogen and oxygen atoms in total. The van der Waals surface area contributed by atoms with E-state index >= 15 is 0 Å². The summed E-state index contributed by atoms with van der Waals surface area (Å²) in [5.41, 5.74) is 2.50. The molecule has 29 heavy (non-hydrogen) atoms. The van der Waals surface area contributed by atoms with E-state index in [1.54, 1.807) is 18.5 Å². The first kappa shape index (κ1) is 20.9. The highest BCUT2D eigenvalue weighted by Gasteiger charge is 2.28. The summed E-state index contributed by atoms with van der Waals surface area (Å²) >= 11 is 0. The molecule has 1 aromatic carbocycles. The van der Waals surface area contributed by atoms with Crippen molar-refractivity contribution < 1.29 is 19.4 Å². The largest absolute Gasteiger partial charge is 0.462 e. The number of carbonyl (C=O) groups excluding carboxylic acids is 2. The van der Waals surface area contributed by atoms with E-state index in [1.165, 1.54) is 6.20 Å². The van der Waals surface area contributed by atoms with Crippen molar-refractivity contribution in [3.8, 4) is 5.69 Å². The summed E-state index contributed by atoms with van der Waals surface area (Å²) in [6.07, 6.45) is 4.95. The molecule has 156 valence electrons. The Bertz CT molecular complexity index is 864. The summed E-state index contributed by atoms with van der Waals surface area (Å²) in [7, 11) is 0. The van der Waals surface area contributed by atoms with E-state index in [1.807, 2.05) is 29.2 Å². The fourth-order valence-electron chi connectivity index (χ4n) is 3.72. The minimum atomic E-state index is -0.399. The Morgan fingerprint density at radius 1 is 1.38 bits per heavy atom. The quantitative estimate of drug-likeness (QED) is 0.696. The minimum Gasteiger partial charge on any atom is -0.462 e. The van der Waals surface area contributed by atoms with Crippen molar-refractivity contribution >= 4 is 17.7 Å². The summed E-state index contributed by atoms with van der Waals surface area (Å²) < 4.78 is 6.71. The van der Waals surface area contributed by atoms with E-state index < -0.39 is 5.97 Å². The molecule has 8 heteroatoms. The van der Waals surface area contributed by atoms with Gasteiger partial charge >= 0.3 is 12.0 Å². The summed E-state index contributed by atoms with van der Waals surface area (Å²) in [4.78, 5) is 26.6. The van der Waals surface area contributed by atoms with Crippen LogP contribution in [0.2, 0.25) is 0 Å². The number of aliphatic hydroxyl groups excluding tert-OH is 1. The second-order valence-corrected chi connectivity index (χ2v) is 7.11. The van der Waals surface area contributed by atoms with Gasteiger partial charge in [-0.3, -0.25) is 0 Å². The molecule has 1 saturated heterocycles. The number of nitrogens with one attached hydrogen (secondary N) is 1. The van der Waals surface area contributed by atoms with Gasteiger partial charge < -0.3 is 20.1 Å². The normalized spacial score (nSPS) is 16.1. The molecule has 0 bridgehead atoms. The van der Waals surface area contributed by atoms with Gasteiger partial charge in [-0.1, -0.05) is 6.07 Å². The molecular weight excluding hydrogens is 372 g/mol. The zero-order valence-corrected chi connectivity index (χ0v) is 16.9. The Balaban J connectivity index is 1.73. The van der Waals surface area contributed by atoms with Crippen molar-refractivity contribution in [1.29, 1.82) is 0 Å². The molecule has 1 fully saturated rings. The number of anilines is 1. The van der Waals surface area contributed by atoms with Gasteiger partial charge in [0.05, 0.1) is 24.2 Å². The summed E-state index contributed by atoms with van der Waals surface area (Å²) in [5, 5.41) is 16.3. The average molecular weight is 400 g/mol. The Hall–Kier alpha value is -2.87. The lowest BCUT2D eigenvalue weighted by atomic mass is 10.1. The van der Waals surface area contributed by atoms with E-state index in [4.69, 9.17) is 9.84 Å². The van der Waals surface area contributed by atoms with Crippen molar-refractivity contribution in [2.45, 2.75) is 45.6 Å². The topological polar surface area (TPSA) is 96.7 Å². The third-order valence-corrected chi connectivity index (χ3v) is 5.18. The lowest BCUT2D eigenvalue weighted by molar-refractivity contribution is 0.0525. The second kappa shape index (κ2) is 9.56. The minimum absolute atomic E-state index is 0.132. The van der Waals surface area contributed by atoms with E-state index in [0.29, 0.717) is 30.0 Å². The monoisotopic (exact) mass is 400 g/mol. The Morgan fingerprint density at radius 2 is 2.21 bits per heavy atom. The van der Waals surface area contributed by atoms with Gasteiger partial charge in [-0.2, -0.15) is 5.10 Å². The van der Waals surface area contributed by atoms with Crippen molar-refractivity contribution in [3.63, 3.8) is 0 Å². The third kappa shape index (κ3) is 4.76. The molecule has 1 aliphatic heterocycles. The van der Waals surface area contributed by atoms with Gasteiger partial charge in [0.25, 0.3) is 0 Å². The molecule has 2 N–H and O–H groups in total. The van der Waals surface area contributed by atoms with E-state index in [-0.39, 0.29) is 18.7 Å². The number of carbonyl (C=O) groups is 2. The second-order valence-electron chi connectivity index (χ2n) is 7.11. The zero-order chi connectivity index (χ0) is 20.8. The first-order valence-corrected chi connectivity index (χ1v) is 10.1. The van der Waals surface area contributed by atoms with Crippen LogP contribution in [-0.2, 0) is 4.74 Å². The van der Waals surface area contributed by atoms with Gasteiger partial charge in [0.2, 0.25) is 0 Å². The molecule has 1 atom stereocenters. The summed E-state index contributed by atoms with van der Waals surface area (Å²) in [5.74, 6) is -0.399. The predicted octanol–water partition coefficient (Wildman–Crippen LogP) is 3.13. The number of benzene rings is 1. The number of hydrogen-bond donors (Lipinski definition) is 2. The van der Waals surface area contributed by atoms with Crippen molar-refractivity contribution in [1.82, 2.24) is 14.7 Å². The number of urea groups is 1. The number of rotatable bonds is 7. The zero-order valence-electron chi connectivity index (χ0n) is 16.9. The maximum Gasteiger partial charge on any atom is 0.341 e. The highest BCUT2D eigenvalue weighted by Crippen LogP contribution is 2.23. The maximum absolute atomic E-state index is 12.7. The van der Waals surface area contributed by atoms with Crippen LogP contribution >= 0.6 is 0 Å². The smallest absolute Gasteiger partial charge is 0.341 e. The number of hydrogen-bond acceptors (Lipinski definition) is 5. The fourth-order valence-corrected chi connectivity index (χ4v) is 3.72. The van der Waals surface area contributed by atoms with Crippen LogP contribution in [0, 0.1) is 6.92 Å². The fraction of sp³-hybridized carbons (Fsp3) is 0.476. The van der Waals surface area contributed by atoms with Gasteiger partial charge in [0, 0.05) is 24.9 Å². The molecule has 0 radical (unpaired) electrons. The molecule has 0 spiro atoms. The number of likely N-dealkylation sites (tertiary alicyclic amines) is 1. The van der Waals surface area contributed by atoms with Crippen LogP contribution in [-0.4, -0.2) is 57.6 Å². The first-order valence-electron chi connectivity index (χ1n) is 10.1. The molecule has 0 aliphatic carbocycles. The van der Waals surface area contributed by atoms with E-state index in [0.717, 1.165) is 31.5 Å². The SMILES string of the molecule is CCOC(=O)c1cnn(-c2cccc(NC(=O)N3CCCC3CCCO)c2)c1C. The number of amides is 2. The predicted molar refractivity (Wildman–Crippen MR) is 109 cm³/mol. The van der Waals surface area contributed by atoms with Gasteiger partial charge in [-0.25, -0.2) is 14.3 Å². The first-order chi connectivity index (χ1) is 14.0. The number of esters is 1. The Kier molecular flexibility index (Phi) is 6.87. The van der Waals surface area contributed by atoms with Crippen molar-refractivity contribution in [2.24, 2.45) is 0 Å². The number of aliphatic hydroxyl groups is 1. The Labute approximate surface area is 170 Å². The van der Waals surface area contributed by atoms with Crippen LogP contribution in [0.5, 0.6) is 0 Å². The number of nitrogens with zero attached hydrogens (tertiary/aromatic N) is 3. The number of aromatic nitrogens is 2. The molecule has 2 heterocycles. The molecule has 1 aliphatic rings. The summed E-state index contributed by atoms with van der Waals surface area (Å²) in [6, 6.07) is 7.39. The molecule has 3 rings (SSSR count). The van der Waals surface area contributed by atoms with Crippen molar-refractivity contribution in [3.05, 3.63) is 41.7 Å². The molecule has 1 aromatic heterocycles. The van der Waals surface area contributed by atoms with E-state index in [2.05, 4.69) is 10.4 Å². The Morgan fingerprint density at radius 3 is 2.97 bits per heavy atom. The molecule has 1 unspecified atom stereocenters. The average Bonchev–Trinajstić information content (AvgIpc) is 3.33. The highest BCUT2D eigenvalue weighted by molar-refractivity contribution is 5.91. The van der Waals surface area contributed by atoms with Crippen LogP contribution in [0.1, 0.15) is 48.7 Å². The molecular formula is C21H28N4O4. The third-order valence-electron chi connectivity index (χ3n) is 5.18. The molecule has 2 amide bonds. The van der Waals surface area contributed by atoms with Gasteiger partial charge in [0.1, 0.15) is 5.56 Å². The highest BCUT2D eigenvalue weighted by atomic mass is 16.5. The standard InChI is InChI=1S/C21H28N4O4/c1-3-29-20(27)19-14-22-25(15(19)2)18-8-4-7-16(13-18)23-21(28)24-11-5-9-17(24)10-6-12-26/h4,7-8,13-14,17,26H,3,5-6,9-12H2,1-2H3,(H,23,28). The van der Waals surface area contributed by atoms with Crippen LogP contribution in [0.4, 0.5) is 10.5 Å².